The van der Waals surface area contributed by atoms with Gasteiger partial charge in [0.2, 0.25) is 0 Å². The highest BCUT2D eigenvalue weighted by atomic mass is 16.1. The van der Waals surface area contributed by atoms with E-state index in [2.05, 4.69) is 39.8 Å². The molecule has 188 valence electrons. The summed E-state index contributed by atoms with van der Waals surface area (Å²) in [6.07, 6.45) is 7.42. The second-order valence-electron chi connectivity index (χ2n) is 9.30. The number of rotatable bonds is 10. The molecule has 0 heterocycles. The van der Waals surface area contributed by atoms with E-state index in [1.165, 1.54) is 24.5 Å². The average molecular weight is 459 g/mol. The van der Waals surface area contributed by atoms with Gasteiger partial charge in [0, 0.05) is 17.9 Å². The highest BCUT2D eigenvalue weighted by Crippen LogP contribution is 2.37. The molecule has 3 nitrogen and oxygen atoms in total. The zero-order valence-electron chi connectivity index (χ0n) is 23.0. The van der Waals surface area contributed by atoms with E-state index >= 15 is 0 Å². The van der Waals surface area contributed by atoms with Crippen molar-refractivity contribution in [1.82, 2.24) is 0 Å². The van der Waals surface area contributed by atoms with Crippen LogP contribution in [-0.4, -0.2) is 17.3 Å². The Kier molecular flexibility index (Phi) is 15.9. The van der Waals surface area contributed by atoms with E-state index in [0.717, 1.165) is 49.7 Å². The van der Waals surface area contributed by atoms with Crippen LogP contribution in [0.2, 0.25) is 0 Å². The van der Waals surface area contributed by atoms with Crippen LogP contribution in [0.5, 0.6) is 0 Å². The van der Waals surface area contributed by atoms with Gasteiger partial charge in [0.1, 0.15) is 11.6 Å². The van der Waals surface area contributed by atoms with Gasteiger partial charge in [-0.05, 0) is 68.1 Å². The molecule has 0 saturated carbocycles. The maximum absolute atomic E-state index is 12.9. The predicted molar refractivity (Wildman–Crippen MR) is 141 cm³/mol. The molecule has 3 atom stereocenters. The smallest absolute Gasteiger partial charge is 0.163 e. The summed E-state index contributed by atoms with van der Waals surface area (Å²) in [5.41, 5.74) is 4.55. The Bertz CT molecular complexity index is 747. The third kappa shape index (κ3) is 9.55. The molecule has 0 aromatic heterocycles. The van der Waals surface area contributed by atoms with Gasteiger partial charge < -0.3 is 0 Å². The zero-order valence-corrected chi connectivity index (χ0v) is 23.0. The molecule has 0 radical (unpaired) electrons. The van der Waals surface area contributed by atoms with Gasteiger partial charge in [-0.1, -0.05) is 79.9 Å². The molecule has 0 spiro atoms. The molecule has 1 aliphatic carbocycles. The van der Waals surface area contributed by atoms with Crippen LogP contribution >= 0.6 is 0 Å². The Morgan fingerprint density at radius 3 is 2.12 bits per heavy atom. The van der Waals surface area contributed by atoms with Gasteiger partial charge in [0.05, 0.1) is 6.42 Å². The lowest BCUT2D eigenvalue weighted by molar-refractivity contribution is -0.129. The lowest BCUT2D eigenvalue weighted by atomic mass is 9.71. The van der Waals surface area contributed by atoms with E-state index in [1.54, 1.807) is 0 Å². The average Bonchev–Trinajstić information content (AvgIpc) is 2.76. The van der Waals surface area contributed by atoms with Crippen molar-refractivity contribution in [1.29, 1.82) is 0 Å². The third-order valence-corrected chi connectivity index (χ3v) is 6.39. The zero-order chi connectivity index (χ0) is 25.6. The Hall–Kier alpha value is -1.77. The van der Waals surface area contributed by atoms with Gasteiger partial charge in [-0.25, -0.2) is 0 Å². The molecule has 0 saturated heterocycles. The molecule has 1 aliphatic rings. The number of Topliss-reactive ketones (excluding diaryl/α,β-unsaturated/α-hetero) is 3. The summed E-state index contributed by atoms with van der Waals surface area (Å²) in [5.74, 6) is 0.782. The molecule has 0 bridgehead atoms. The fourth-order valence-corrected chi connectivity index (χ4v) is 5.14. The van der Waals surface area contributed by atoms with Gasteiger partial charge in [-0.3, -0.25) is 14.4 Å². The molecule has 33 heavy (non-hydrogen) atoms. The van der Waals surface area contributed by atoms with E-state index in [9.17, 15) is 14.4 Å². The predicted octanol–water partition coefficient (Wildman–Crippen LogP) is 8.13. The molecule has 3 heteroatoms. The largest absolute Gasteiger partial charge is 0.300 e. The van der Waals surface area contributed by atoms with Gasteiger partial charge in [-0.15, -0.1) is 0 Å². The van der Waals surface area contributed by atoms with Gasteiger partial charge >= 0.3 is 0 Å². The summed E-state index contributed by atoms with van der Waals surface area (Å²) in [5, 5.41) is 0. The van der Waals surface area contributed by atoms with Crippen molar-refractivity contribution in [2.24, 2.45) is 17.8 Å². The fraction of sp³-hybridized carbons (Fsp3) is 0.700. The molecular formula is C30H50O3. The van der Waals surface area contributed by atoms with Crippen LogP contribution in [0, 0.1) is 24.7 Å². The number of carbonyl (C=O) groups excluding carboxylic acids is 3. The Labute approximate surface area is 204 Å². The summed E-state index contributed by atoms with van der Waals surface area (Å²) in [6, 6.07) is 4.24. The maximum Gasteiger partial charge on any atom is 0.163 e. The first-order valence-electron chi connectivity index (χ1n) is 13.4. The minimum Gasteiger partial charge on any atom is -0.300 e. The van der Waals surface area contributed by atoms with E-state index in [4.69, 9.17) is 0 Å². The van der Waals surface area contributed by atoms with Crippen LogP contribution in [0.3, 0.4) is 0 Å². The second-order valence-corrected chi connectivity index (χ2v) is 9.30. The van der Waals surface area contributed by atoms with Crippen LogP contribution in [0.1, 0.15) is 127 Å². The van der Waals surface area contributed by atoms with Crippen molar-refractivity contribution in [2.75, 3.05) is 0 Å². The van der Waals surface area contributed by atoms with Crippen molar-refractivity contribution in [3.63, 3.8) is 0 Å². The van der Waals surface area contributed by atoms with E-state index in [-0.39, 0.29) is 35.6 Å². The molecule has 0 aliphatic heterocycles. The number of hydrogen-bond donors (Lipinski definition) is 0. The summed E-state index contributed by atoms with van der Waals surface area (Å²) in [6.45, 7) is 18.1. The molecule has 0 fully saturated rings. The quantitative estimate of drug-likeness (QED) is 0.333. The molecule has 3 unspecified atom stereocenters. The van der Waals surface area contributed by atoms with Crippen LogP contribution in [0.25, 0.3) is 0 Å². The van der Waals surface area contributed by atoms with Crippen molar-refractivity contribution < 1.29 is 14.4 Å². The highest BCUT2D eigenvalue weighted by Gasteiger charge is 2.33. The number of fused-ring (bicyclic) bond motifs is 1. The van der Waals surface area contributed by atoms with Crippen LogP contribution in [0.4, 0.5) is 0 Å². The molecule has 0 N–H and O–H groups in total. The van der Waals surface area contributed by atoms with Crippen LogP contribution in [0.15, 0.2) is 12.1 Å². The van der Waals surface area contributed by atoms with E-state index < -0.39 is 0 Å². The first-order chi connectivity index (χ1) is 15.7. The van der Waals surface area contributed by atoms with Crippen molar-refractivity contribution in [3.05, 3.63) is 34.4 Å². The first kappa shape index (κ1) is 31.2. The number of benzene rings is 1. The van der Waals surface area contributed by atoms with Crippen LogP contribution in [-0.2, 0) is 22.4 Å². The molecular weight excluding hydrogens is 408 g/mol. The summed E-state index contributed by atoms with van der Waals surface area (Å²) in [7, 11) is 0. The molecule has 2 rings (SSSR count). The van der Waals surface area contributed by atoms with Crippen LogP contribution < -0.4 is 0 Å². The Morgan fingerprint density at radius 2 is 1.64 bits per heavy atom. The third-order valence-electron chi connectivity index (χ3n) is 6.39. The Morgan fingerprint density at radius 1 is 1.03 bits per heavy atom. The van der Waals surface area contributed by atoms with Crippen molar-refractivity contribution >= 4 is 17.3 Å². The van der Waals surface area contributed by atoms with Gasteiger partial charge in [0.15, 0.2) is 5.78 Å². The summed E-state index contributed by atoms with van der Waals surface area (Å²) in [4.78, 5) is 37.1. The lowest BCUT2D eigenvalue weighted by Crippen LogP contribution is -2.30. The van der Waals surface area contributed by atoms with E-state index in [0.29, 0.717) is 12.3 Å². The Balaban J connectivity index is 0.00000189. The lowest BCUT2D eigenvalue weighted by Gasteiger charge is -2.32. The molecule has 1 aromatic rings. The van der Waals surface area contributed by atoms with Gasteiger partial charge in [0.25, 0.3) is 0 Å². The number of carbonyl (C=O) groups is 3. The van der Waals surface area contributed by atoms with E-state index in [1.807, 2.05) is 27.7 Å². The normalized spacial score (nSPS) is 16.4. The highest BCUT2D eigenvalue weighted by molar-refractivity contribution is 6.00. The first-order valence-corrected chi connectivity index (χ1v) is 13.4. The number of hydrogen-bond acceptors (Lipinski definition) is 3. The van der Waals surface area contributed by atoms with Gasteiger partial charge in [-0.2, -0.15) is 0 Å². The summed E-state index contributed by atoms with van der Waals surface area (Å²) < 4.78 is 0. The summed E-state index contributed by atoms with van der Waals surface area (Å²) >= 11 is 0. The monoisotopic (exact) mass is 458 g/mol. The van der Waals surface area contributed by atoms with Crippen molar-refractivity contribution in [2.45, 2.75) is 120 Å². The minimum absolute atomic E-state index is 0.0460. The number of aryl methyl sites for hydroxylation is 2. The number of ketones is 3. The standard InChI is InChI=1S/C25H36O3.C3H8.C2H6/c1-6-9-20(21(8-3)23(27)12-17(5)26)13-18-14-22-19(7-2)11-10-16(4)25(22)24(28)15-18;1-3-2;1-2/h10-11,18,20-21H,6-9,12-15H2,1-5H3;3H2,1-2H3;1-2H3. The minimum atomic E-state index is -0.0662. The topological polar surface area (TPSA) is 51.2 Å². The maximum atomic E-state index is 12.9. The molecule has 0 amide bonds. The SMILES string of the molecule is CC.CCC.CCCC(CC1CC(=O)c2c(C)ccc(CC)c2C1)C(CC)C(=O)CC(C)=O. The fourth-order valence-electron chi connectivity index (χ4n) is 5.14. The second kappa shape index (κ2) is 16.8. The molecule has 1 aromatic carbocycles. The van der Waals surface area contributed by atoms with Crippen molar-refractivity contribution in [3.8, 4) is 0 Å².